The Morgan fingerprint density at radius 3 is 2.79 bits per heavy atom. The summed E-state index contributed by atoms with van der Waals surface area (Å²) in [4.78, 5) is 14.7. The number of nitrogens with one attached hydrogen (secondary N) is 1. The first-order chi connectivity index (χ1) is 13.5. The normalized spacial score (nSPS) is 16.4. The second-order valence-electron chi connectivity index (χ2n) is 6.08. The summed E-state index contributed by atoms with van der Waals surface area (Å²) in [7, 11) is 1.56. The van der Waals surface area contributed by atoms with Gasteiger partial charge in [-0.15, -0.1) is 6.58 Å². The van der Waals surface area contributed by atoms with Gasteiger partial charge in [0.1, 0.15) is 19.0 Å². The van der Waals surface area contributed by atoms with Crippen molar-refractivity contribution in [2.75, 3.05) is 33.5 Å². The summed E-state index contributed by atoms with van der Waals surface area (Å²) in [6.07, 6.45) is 3.41. The Morgan fingerprint density at radius 2 is 2.11 bits per heavy atom. The number of carbonyl (C=O) groups is 1. The summed E-state index contributed by atoms with van der Waals surface area (Å²) < 4.78 is 16.0. The number of esters is 1. The van der Waals surface area contributed by atoms with E-state index in [4.69, 9.17) is 26.4 Å². The van der Waals surface area contributed by atoms with Crippen molar-refractivity contribution >= 4 is 23.3 Å². The lowest BCUT2D eigenvalue weighted by Gasteiger charge is -2.37. The van der Waals surface area contributed by atoms with Crippen molar-refractivity contribution in [3.8, 4) is 5.75 Å². The van der Waals surface area contributed by atoms with Gasteiger partial charge in [0.15, 0.2) is 5.11 Å². The number of hydrogen-bond acceptors (Lipinski definition) is 5. The molecule has 2 rings (SSSR count). The van der Waals surface area contributed by atoms with Crippen molar-refractivity contribution in [1.29, 1.82) is 0 Å². The predicted molar refractivity (Wildman–Crippen MR) is 113 cm³/mol. The Bertz CT molecular complexity index is 775. The Balaban J connectivity index is 2.42. The van der Waals surface area contributed by atoms with Crippen molar-refractivity contribution in [1.82, 2.24) is 10.2 Å². The van der Waals surface area contributed by atoms with Crippen molar-refractivity contribution < 1.29 is 19.0 Å². The van der Waals surface area contributed by atoms with E-state index in [1.54, 1.807) is 19.3 Å². The SMILES string of the molecule is C=CCOc1cccc([C@H]2NC(=S)N(CC=C)C(C)=C2C(=O)OCCOC)c1. The van der Waals surface area contributed by atoms with Crippen molar-refractivity contribution in [2.45, 2.75) is 13.0 Å². The number of thiocarbonyl (C=S) groups is 1. The minimum Gasteiger partial charge on any atom is -0.490 e. The molecule has 0 aromatic heterocycles. The molecule has 150 valence electrons. The van der Waals surface area contributed by atoms with E-state index in [9.17, 15) is 4.79 Å². The zero-order valence-electron chi connectivity index (χ0n) is 16.3. The molecule has 6 nitrogen and oxygen atoms in total. The van der Waals surface area contributed by atoms with Gasteiger partial charge in [0, 0.05) is 19.4 Å². The summed E-state index contributed by atoms with van der Waals surface area (Å²) in [6.45, 7) is 10.7. The van der Waals surface area contributed by atoms with E-state index in [-0.39, 0.29) is 6.61 Å². The lowest BCUT2D eigenvalue weighted by atomic mass is 9.95. The number of allylic oxidation sites excluding steroid dienone is 1. The van der Waals surface area contributed by atoms with E-state index in [0.29, 0.717) is 36.2 Å². The second-order valence-corrected chi connectivity index (χ2v) is 6.47. The maximum Gasteiger partial charge on any atom is 0.338 e. The highest BCUT2D eigenvalue weighted by Gasteiger charge is 2.34. The van der Waals surface area contributed by atoms with Crippen LogP contribution < -0.4 is 10.1 Å². The van der Waals surface area contributed by atoms with Crippen LogP contribution in [-0.4, -0.2) is 49.5 Å². The van der Waals surface area contributed by atoms with Gasteiger partial charge in [-0.1, -0.05) is 30.9 Å². The Labute approximate surface area is 171 Å². The second kappa shape index (κ2) is 10.6. The maximum atomic E-state index is 12.9. The highest BCUT2D eigenvalue weighted by atomic mass is 32.1. The van der Waals surface area contributed by atoms with E-state index >= 15 is 0 Å². The summed E-state index contributed by atoms with van der Waals surface area (Å²) in [5.41, 5.74) is 2.07. The van der Waals surface area contributed by atoms with Crippen LogP contribution in [0.4, 0.5) is 0 Å². The van der Waals surface area contributed by atoms with Gasteiger partial charge in [-0.3, -0.25) is 0 Å². The smallest absolute Gasteiger partial charge is 0.338 e. The average molecular weight is 403 g/mol. The molecule has 7 heteroatoms. The number of ether oxygens (including phenoxy) is 3. The average Bonchev–Trinajstić information content (AvgIpc) is 2.69. The summed E-state index contributed by atoms with van der Waals surface area (Å²) in [5.74, 6) is 0.268. The zero-order valence-corrected chi connectivity index (χ0v) is 17.1. The molecule has 0 radical (unpaired) electrons. The highest BCUT2D eigenvalue weighted by molar-refractivity contribution is 7.80. The Morgan fingerprint density at radius 1 is 1.32 bits per heavy atom. The molecule has 0 unspecified atom stereocenters. The number of nitrogens with zero attached hydrogens (tertiary/aromatic N) is 1. The van der Waals surface area contributed by atoms with Crippen LogP contribution in [0.3, 0.4) is 0 Å². The van der Waals surface area contributed by atoms with Gasteiger partial charge in [0.05, 0.1) is 18.2 Å². The zero-order chi connectivity index (χ0) is 20.5. The largest absolute Gasteiger partial charge is 0.490 e. The number of rotatable bonds is 10. The van der Waals surface area contributed by atoms with Gasteiger partial charge >= 0.3 is 5.97 Å². The van der Waals surface area contributed by atoms with Crippen molar-refractivity contribution in [2.24, 2.45) is 0 Å². The molecular formula is C21H26N2O4S. The van der Waals surface area contributed by atoms with Crippen LogP contribution in [0.15, 0.2) is 60.8 Å². The molecule has 0 amide bonds. The van der Waals surface area contributed by atoms with E-state index < -0.39 is 12.0 Å². The Kier molecular flexibility index (Phi) is 8.22. The third kappa shape index (κ3) is 5.21. The molecule has 1 N–H and O–H groups in total. The standard InChI is InChI=1S/C21H26N2O4S/c1-5-10-23-15(3)18(20(24)27-13-12-25-4)19(22-21(23)28)16-8-7-9-17(14-16)26-11-6-2/h5-9,14,19H,1-2,10-13H2,3-4H3,(H,22,28)/t19-/m1/s1. The minimum absolute atomic E-state index is 0.174. The molecule has 0 fully saturated rings. The van der Waals surface area contributed by atoms with Crippen LogP contribution in [0, 0.1) is 0 Å². The minimum atomic E-state index is -0.448. The molecule has 0 saturated carbocycles. The van der Waals surface area contributed by atoms with Crippen molar-refractivity contribution in [3.05, 3.63) is 66.4 Å². The molecule has 1 aromatic rings. The predicted octanol–water partition coefficient (Wildman–Crippen LogP) is 3.13. The fourth-order valence-electron chi connectivity index (χ4n) is 2.88. The molecule has 1 heterocycles. The van der Waals surface area contributed by atoms with Gasteiger partial charge in [0.25, 0.3) is 0 Å². The van der Waals surface area contributed by atoms with Gasteiger partial charge in [-0.05, 0) is 36.8 Å². The van der Waals surface area contributed by atoms with Crippen LogP contribution in [0.2, 0.25) is 0 Å². The maximum absolute atomic E-state index is 12.9. The number of methoxy groups -OCH3 is 1. The molecule has 1 aliphatic heterocycles. The van der Waals surface area contributed by atoms with Crippen LogP contribution in [0.25, 0.3) is 0 Å². The quantitative estimate of drug-likeness (QED) is 0.279. The van der Waals surface area contributed by atoms with Crippen LogP contribution in [0.5, 0.6) is 5.75 Å². The molecule has 0 saturated heterocycles. The summed E-state index contributed by atoms with van der Waals surface area (Å²) in [6, 6.07) is 7.07. The van der Waals surface area contributed by atoms with Gasteiger partial charge in [-0.25, -0.2) is 4.79 Å². The van der Waals surface area contributed by atoms with E-state index in [1.165, 1.54) is 0 Å². The summed E-state index contributed by atoms with van der Waals surface area (Å²) >= 11 is 5.51. The van der Waals surface area contributed by atoms with E-state index in [1.807, 2.05) is 36.1 Å². The van der Waals surface area contributed by atoms with Gasteiger partial charge in [0.2, 0.25) is 0 Å². The van der Waals surface area contributed by atoms with Gasteiger partial charge < -0.3 is 24.4 Å². The highest BCUT2D eigenvalue weighted by Crippen LogP contribution is 2.32. The molecule has 0 aliphatic carbocycles. The molecular weight excluding hydrogens is 376 g/mol. The molecule has 0 bridgehead atoms. The number of benzene rings is 1. The van der Waals surface area contributed by atoms with E-state index in [0.717, 1.165) is 11.3 Å². The van der Waals surface area contributed by atoms with Crippen LogP contribution in [0.1, 0.15) is 18.5 Å². The first kappa shape index (κ1) is 21.7. The molecule has 28 heavy (non-hydrogen) atoms. The lowest BCUT2D eigenvalue weighted by Crippen LogP contribution is -2.47. The van der Waals surface area contributed by atoms with E-state index in [2.05, 4.69) is 18.5 Å². The molecule has 1 aliphatic rings. The fourth-order valence-corrected chi connectivity index (χ4v) is 3.21. The number of carbonyl (C=O) groups excluding carboxylic acids is 1. The topological polar surface area (TPSA) is 60.0 Å². The van der Waals surface area contributed by atoms with Gasteiger partial charge in [-0.2, -0.15) is 0 Å². The van der Waals surface area contributed by atoms with Crippen LogP contribution in [-0.2, 0) is 14.3 Å². The number of hydrogen-bond donors (Lipinski definition) is 1. The lowest BCUT2D eigenvalue weighted by molar-refractivity contribution is -0.140. The Hall–Kier alpha value is -2.64. The third-order valence-corrected chi connectivity index (χ3v) is 4.55. The first-order valence-electron chi connectivity index (χ1n) is 8.92. The first-order valence-corrected chi connectivity index (χ1v) is 9.33. The summed E-state index contributed by atoms with van der Waals surface area (Å²) in [5, 5.41) is 3.77. The van der Waals surface area contributed by atoms with Crippen molar-refractivity contribution in [3.63, 3.8) is 0 Å². The van der Waals surface area contributed by atoms with Crippen LogP contribution >= 0.6 is 12.2 Å². The fraction of sp³-hybridized carbons (Fsp3) is 0.333. The molecule has 1 aromatic carbocycles. The molecule has 1 atom stereocenters. The molecule has 0 spiro atoms. The monoisotopic (exact) mass is 402 g/mol. The third-order valence-electron chi connectivity index (χ3n) is 4.21.